The number of benzene rings is 4. The number of rotatable bonds is 8. The molecule has 0 saturated heterocycles. The van der Waals surface area contributed by atoms with Crippen LogP contribution in [0.25, 0.3) is 0 Å². The van der Waals surface area contributed by atoms with Gasteiger partial charge in [-0.15, -0.1) is 0 Å². The normalized spacial score (nSPS) is 13.6. The van der Waals surface area contributed by atoms with Gasteiger partial charge in [-0.1, -0.05) is 78.9 Å². The highest BCUT2D eigenvalue weighted by Gasteiger charge is 2.29. The third-order valence-electron chi connectivity index (χ3n) is 7.52. The van der Waals surface area contributed by atoms with Crippen LogP contribution in [-0.4, -0.2) is 17.5 Å². The lowest BCUT2D eigenvalue weighted by Crippen LogP contribution is -2.28. The van der Waals surface area contributed by atoms with Gasteiger partial charge in [-0.2, -0.15) is 15.3 Å². The van der Waals surface area contributed by atoms with Crippen LogP contribution in [-0.2, 0) is 11.2 Å². The lowest BCUT2D eigenvalue weighted by molar-refractivity contribution is -0.121. The molecule has 0 radical (unpaired) electrons. The maximum Gasteiger partial charge on any atom is 0.291 e. The number of anilines is 1. The van der Waals surface area contributed by atoms with Crippen LogP contribution in [0.5, 0.6) is 0 Å². The van der Waals surface area contributed by atoms with Gasteiger partial charge in [-0.05, 0) is 67.3 Å². The Morgan fingerprint density at radius 1 is 0.727 bits per heavy atom. The van der Waals surface area contributed by atoms with Gasteiger partial charge in [0.1, 0.15) is 5.76 Å². The largest absolute Gasteiger partial charge is 0.455 e. The van der Waals surface area contributed by atoms with Crippen molar-refractivity contribution in [2.45, 2.75) is 32.1 Å². The minimum atomic E-state index is -0.511. The van der Waals surface area contributed by atoms with Gasteiger partial charge in [0.25, 0.3) is 11.8 Å². The molecular formula is C36H31N5O3. The number of fused-ring (bicyclic) bond motifs is 1. The summed E-state index contributed by atoms with van der Waals surface area (Å²) in [5, 5.41) is 15.9. The molecule has 8 nitrogen and oxygen atoms in total. The van der Waals surface area contributed by atoms with Crippen molar-refractivity contribution >= 4 is 34.6 Å². The molecule has 8 heteroatoms. The first-order valence-electron chi connectivity index (χ1n) is 14.5. The number of carbonyl (C=O) groups is 2. The van der Waals surface area contributed by atoms with Gasteiger partial charge in [-0.3, -0.25) is 9.59 Å². The van der Waals surface area contributed by atoms with E-state index < -0.39 is 5.92 Å². The third-order valence-corrected chi connectivity index (χ3v) is 7.52. The average Bonchev–Trinajstić information content (AvgIpc) is 3.42. The van der Waals surface area contributed by atoms with Crippen LogP contribution in [0.2, 0.25) is 0 Å². The van der Waals surface area contributed by atoms with Crippen LogP contribution < -0.4 is 10.7 Å². The fourth-order valence-electron chi connectivity index (χ4n) is 5.38. The molecule has 6 rings (SSSR count). The van der Waals surface area contributed by atoms with E-state index in [1.165, 1.54) is 0 Å². The maximum absolute atomic E-state index is 13.5. The SMILES string of the molecule is Cc1c(C(=O)Nc2ccc(N=Nc3ccccc3)cc2)oc2c1C(=NNC(=O)C(c1ccccc1)c1ccccc1)CCC2. The smallest absolute Gasteiger partial charge is 0.291 e. The molecule has 0 bridgehead atoms. The van der Waals surface area contributed by atoms with Crippen LogP contribution in [0.15, 0.2) is 135 Å². The van der Waals surface area contributed by atoms with Gasteiger partial charge in [0, 0.05) is 23.2 Å². The standard InChI is InChI=1S/C36H31N5O3/c1-24-32-30(40-41-35(42)33(25-12-5-2-6-13-25)26-14-7-3-8-15-26)18-11-19-31(32)44-34(24)36(43)37-27-20-22-29(23-21-27)39-38-28-16-9-4-10-17-28/h2-10,12-17,20-23,33H,11,18-19H2,1H3,(H,37,43)(H,41,42). The Labute approximate surface area is 255 Å². The summed E-state index contributed by atoms with van der Waals surface area (Å²) in [7, 11) is 0. The third kappa shape index (κ3) is 6.39. The Morgan fingerprint density at radius 3 is 1.91 bits per heavy atom. The minimum Gasteiger partial charge on any atom is -0.455 e. The topological polar surface area (TPSA) is 108 Å². The molecule has 1 heterocycles. The van der Waals surface area contributed by atoms with Crippen LogP contribution in [0, 0.1) is 6.92 Å². The Balaban J connectivity index is 1.18. The molecule has 2 amide bonds. The molecule has 4 aromatic carbocycles. The number of nitrogens with one attached hydrogen (secondary N) is 2. The van der Waals surface area contributed by atoms with E-state index >= 15 is 0 Å². The van der Waals surface area contributed by atoms with Crippen molar-refractivity contribution < 1.29 is 14.0 Å². The second-order valence-corrected chi connectivity index (χ2v) is 10.5. The van der Waals surface area contributed by atoms with Crippen molar-refractivity contribution in [2.75, 3.05) is 5.32 Å². The van der Waals surface area contributed by atoms with Crippen LogP contribution in [0.4, 0.5) is 17.1 Å². The second-order valence-electron chi connectivity index (χ2n) is 10.5. The quantitative estimate of drug-likeness (QED) is 0.142. The van der Waals surface area contributed by atoms with E-state index in [1.54, 1.807) is 24.3 Å². The molecule has 1 aliphatic rings. The number of carbonyl (C=O) groups excluding carboxylic acids is 2. The van der Waals surface area contributed by atoms with E-state index in [0.29, 0.717) is 41.3 Å². The minimum absolute atomic E-state index is 0.229. The van der Waals surface area contributed by atoms with Crippen molar-refractivity contribution in [3.05, 3.63) is 149 Å². The summed E-state index contributed by atoms with van der Waals surface area (Å²) < 4.78 is 6.07. The highest BCUT2D eigenvalue weighted by atomic mass is 16.4. The highest BCUT2D eigenvalue weighted by molar-refractivity contribution is 6.09. The summed E-state index contributed by atoms with van der Waals surface area (Å²) >= 11 is 0. The lowest BCUT2D eigenvalue weighted by Gasteiger charge is -2.18. The number of nitrogens with zero attached hydrogens (tertiary/aromatic N) is 3. The fraction of sp³-hybridized carbons (Fsp3) is 0.139. The number of hydrogen-bond donors (Lipinski definition) is 2. The van der Waals surface area contributed by atoms with Gasteiger partial charge >= 0.3 is 0 Å². The van der Waals surface area contributed by atoms with Crippen molar-refractivity contribution in [1.29, 1.82) is 0 Å². The first-order valence-corrected chi connectivity index (χ1v) is 14.5. The van der Waals surface area contributed by atoms with E-state index in [2.05, 4.69) is 26.1 Å². The van der Waals surface area contributed by atoms with E-state index in [9.17, 15) is 9.59 Å². The molecule has 1 aliphatic carbocycles. The molecule has 0 spiro atoms. The molecular weight excluding hydrogens is 550 g/mol. The van der Waals surface area contributed by atoms with Crippen molar-refractivity contribution in [3.8, 4) is 0 Å². The van der Waals surface area contributed by atoms with Gasteiger partial charge in [0.2, 0.25) is 0 Å². The van der Waals surface area contributed by atoms with Crippen molar-refractivity contribution in [1.82, 2.24) is 5.43 Å². The first-order chi connectivity index (χ1) is 21.6. The van der Waals surface area contributed by atoms with Gasteiger partial charge < -0.3 is 9.73 Å². The predicted octanol–water partition coefficient (Wildman–Crippen LogP) is 8.24. The molecule has 2 N–H and O–H groups in total. The molecule has 44 heavy (non-hydrogen) atoms. The molecule has 5 aromatic rings. The van der Waals surface area contributed by atoms with E-state index in [1.807, 2.05) is 97.9 Å². The first kappa shape index (κ1) is 28.5. The highest BCUT2D eigenvalue weighted by Crippen LogP contribution is 2.31. The number of furan rings is 1. The fourth-order valence-corrected chi connectivity index (χ4v) is 5.38. The Kier molecular flexibility index (Phi) is 8.50. The van der Waals surface area contributed by atoms with Crippen LogP contribution in [0.3, 0.4) is 0 Å². The van der Waals surface area contributed by atoms with Crippen molar-refractivity contribution in [3.63, 3.8) is 0 Å². The number of azo groups is 1. The summed E-state index contributed by atoms with van der Waals surface area (Å²) in [5.74, 6) is -0.163. The molecule has 0 saturated carbocycles. The van der Waals surface area contributed by atoms with Crippen LogP contribution in [0.1, 0.15) is 57.3 Å². The number of hydrazone groups is 1. The van der Waals surface area contributed by atoms with Gasteiger partial charge in [-0.25, -0.2) is 5.43 Å². The zero-order valence-electron chi connectivity index (χ0n) is 24.2. The average molecular weight is 582 g/mol. The predicted molar refractivity (Wildman–Crippen MR) is 171 cm³/mol. The molecule has 218 valence electrons. The molecule has 0 unspecified atom stereocenters. The van der Waals surface area contributed by atoms with E-state index in [0.717, 1.165) is 28.8 Å². The van der Waals surface area contributed by atoms with E-state index in [-0.39, 0.29) is 17.6 Å². The lowest BCUT2D eigenvalue weighted by atomic mass is 9.90. The molecule has 1 aromatic heterocycles. The number of aryl methyl sites for hydroxylation is 1. The summed E-state index contributed by atoms with van der Waals surface area (Å²) in [6.07, 6.45) is 2.15. The Morgan fingerprint density at radius 2 is 1.30 bits per heavy atom. The summed E-state index contributed by atoms with van der Waals surface area (Å²) in [6.45, 7) is 1.85. The zero-order valence-corrected chi connectivity index (χ0v) is 24.2. The van der Waals surface area contributed by atoms with Crippen LogP contribution >= 0.6 is 0 Å². The maximum atomic E-state index is 13.5. The van der Waals surface area contributed by atoms with Gasteiger partial charge in [0.05, 0.1) is 23.0 Å². The molecule has 0 aliphatic heterocycles. The second kappa shape index (κ2) is 13.1. The summed E-state index contributed by atoms with van der Waals surface area (Å²) in [6, 6.07) is 35.9. The van der Waals surface area contributed by atoms with E-state index in [4.69, 9.17) is 4.42 Å². The Hall–Kier alpha value is -5.63. The molecule has 0 atom stereocenters. The zero-order chi connectivity index (χ0) is 30.3. The van der Waals surface area contributed by atoms with Gasteiger partial charge in [0.15, 0.2) is 5.76 Å². The number of hydrogen-bond acceptors (Lipinski definition) is 6. The summed E-state index contributed by atoms with van der Waals surface area (Å²) in [4.78, 5) is 26.8. The summed E-state index contributed by atoms with van der Waals surface area (Å²) in [5.41, 5.74) is 8.79. The Bertz CT molecular complexity index is 1770. The monoisotopic (exact) mass is 581 g/mol. The molecule has 0 fully saturated rings. The van der Waals surface area contributed by atoms with Crippen molar-refractivity contribution in [2.24, 2.45) is 15.3 Å². The number of amides is 2.